The molecule has 1 saturated heterocycles. The SMILES string of the molecule is COC(=O)Cc1ccc(OCC(=O)N2CCN(Cc3ccc(Cl)cc3)CC2)cc1. The van der Waals surface area contributed by atoms with Gasteiger partial charge >= 0.3 is 5.97 Å². The molecule has 0 aromatic heterocycles. The predicted molar refractivity (Wildman–Crippen MR) is 111 cm³/mol. The molecule has 7 heteroatoms. The second-order valence-corrected chi connectivity index (χ2v) is 7.41. The zero-order chi connectivity index (χ0) is 20.6. The van der Waals surface area contributed by atoms with E-state index in [-0.39, 0.29) is 24.9 Å². The largest absolute Gasteiger partial charge is 0.484 e. The summed E-state index contributed by atoms with van der Waals surface area (Å²) < 4.78 is 10.3. The highest BCUT2D eigenvalue weighted by Crippen LogP contribution is 2.15. The Morgan fingerprint density at radius 2 is 1.55 bits per heavy atom. The number of halogens is 1. The third-order valence-electron chi connectivity index (χ3n) is 4.91. The van der Waals surface area contributed by atoms with Crippen LogP contribution in [-0.2, 0) is 27.3 Å². The van der Waals surface area contributed by atoms with E-state index < -0.39 is 0 Å². The highest BCUT2D eigenvalue weighted by molar-refractivity contribution is 6.30. The number of carbonyl (C=O) groups is 2. The first kappa shape index (κ1) is 21.1. The summed E-state index contributed by atoms with van der Waals surface area (Å²) in [5.74, 6) is 0.298. The normalized spacial score (nSPS) is 14.5. The Morgan fingerprint density at radius 1 is 0.931 bits per heavy atom. The number of piperazine rings is 1. The third kappa shape index (κ3) is 6.48. The summed E-state index contributed by atoms with van der Waals surface area (Å²) >= 11 is 5.93. The van der Waals surface area contributed by atoms with Gasteiger partial charge in [0.15, 0.2) is 6.61 Å². The van der Waals surface area contributed by atoms with E-state index in [9.17, 15) is 9.59 Å². The lowest BCUT2D eigenvalue weighted by atomic mass is 10.1. The molecule has 0 spiro atoms. The van der Waals surface area contributed by atoms with Crippen LogP contribution >= 0.6 is 11.6 Å². The number of hydrogen-bond acceptors (Lipinski definition) is 5. The lowest BCUT2D eigenvalue weighted by Gasteiger charge is -2.34. The average molecular weight is 417 g/mol. The van der Waals surface area contributed by atoms with E-state index in [2.05, 4.69) is 9.64 Å². The number of methoxy groups -OCH3 is 1. The summed E-state index contributed by atoms with van der Waals surface area (Å²) in [6, 6.07) is 15.0. The van der Waals surface area contributed by atoms with Gasteiger partial charge in [-0.05, 0) is 35.4 Å². The Balaban J connectivity index is 1.40. The lowest BCUT2D eigenvalue weighted by Crippen LogP contribution is -2.49. The molecule has 0 atom stereocenters. The summed E-state index contributed by atoms with van der Waals surface area (Å²) in [6.45, 7) is 3.90. The second kappa shape index (κ2) is 10.3. The van der Waals surface area contributed by atoms with Crippen LogP contribution in [0.1, 0.15) is 11.1 Å². The fourth-order valence-corrected chi connectivity index (χ4v) is 3.31. The number of nitrogens with zero attached hydrogens (tertiary/aromatic N) is 2. The van der Waals surface area contributed by atoms with E-state index in [0.717, 1.165) is 30.2 Å². The molecule has 0 radical (unpaired) electrons. The molecular weight excluding hydrogens is 392 g/mol. The summed E-state index contributed by atoms with van der Waals surface area (Å²) in [5, 5.41) is 0.738. The van der Waals surface area contributed by atoms with Gasteiger partial charge in [-0.15, -0.1) is 0 Å². The quantitative estimate of drug-likeness (QED) is 0.649. The highest BCUT2D eigenvalue weighted by atomic mass is 35.5. The maximum Gasteiger partial charge on any atom is 0.309 e. The van der Waals surface area contributed by atoms with Crippen LogP contribution in [0, 0.1) is 0 Å². The van der Waals surface area contributed by atoms with Crippen molar-refractivity contribution < 1.29 is 19.1 Å². The van der Waals surface area contributed by atoms with Crippen molar-refractivity contribution in [3.05, 3.63) is 64.7 Å². The van der Waals surface area contributed by atoms with Gasteiger partial charge in [-0.2, -0.15) is 0 Å². The van der Waals surface area contributed by atoms with Crippen LogP contribution in [0.25, 0.3) is 0 Å². The monoisotopic (exact) mass is 416 g/mol. The number of rotatable bonds is 7. The molecule has 0 saturated carbocycles. The Bertz CT molecular complexity index is 816. The van der Waals surface area contributed by atoms with Gasteiger partial charge in [0.05, 0.1) is 13.5 Å². The van der Waals surface area contributed by atoms with E-state index in [0.29, 0.717) is 18.8 Å². The average Bonchev–Trinajstić information content (AvgIpc) is 2.75. The smallest absolute Gasteiger partial charge is 0.309 e. The fraction of sp³-hybridized carbons (Fsp3) is 0.364. The number of ether oxygens (including phenoxy) is 2. The molecule has 1 aliphatic rings. The van der Waals surface area contributed by atoms with Gasteiger partial charge in [0, 0.05) is 37.7 Å². The van der Waals surface area contributed by atoms with E-state index >= 15 is 0 Å². The molecule has 0 aliphatic carbocycles. The van der Waals surface area contributed by atoms with E-state index in [1.165, 1.54) is 12.7 Å². The second-order valence-electron chi connectivity index (χ2n) is 6.97. The van der Waals surface area contributed by atoms with Crippen LogP contribution < -0.4 is 4.74 Å². The molecule has 29 heavy (non-hydrogen) atoms. The molecule has 154 valence electrons. The molecule has 3 rings (SSSR count). The summed E-state index contributed by atoms with van der Waals surface area (Å²) in [4.78, 5) is 27.9. The minimum absolute atomic E-state index is 0.00747. The number of esters is 1. The van der Waals surface area contributed by atoms with Crippen LogP contribution in [0.4, 0.5) is 0 Å². The van der Waals surface area contributed by atoms with Crippen molar-refractivity contribution in [2.75, 3.05) is 39.9 Å². The first-order valence-corrected chi connectivity index (χ1v) is 9.94. The summed E-state index contributed by atoms with van der Waals surface area (Å²) in [7, 11) is 1.36. The van der Waals surface area contributed by atoms with Crippen molar-refractivity contribution in [2.45, 2.75) is 13.0 Å². The molecule has 0 unspecified atom stereocenters. The van der Waals surface area contributed by atoms with Crippen molar-refractivity contribution >= 4 is 23.5 Å². The molecule has 6 nitrogen and oxygen atoms in total. The van der Waals surface area contributed by atoms with Gasteiger partial charge in [-0.1, -0.05) is 35.9 Å². The maximum atomic E-state index is 12.4. The zero-order valence-electron chi connectivity index (χ0n) is 16.5. The molecule has 1 heterocycles. The summed E-state index contributed by atoms with van der Waals surface area (Å²) in [6.07, 6.45) is 0.218. The van der Waals surface area contributed by atoms with Crippen molar-refractivity contribution in [3.63, 3.8) is 0 Å². The standard InChI is InChI=1S/C22H25ClN2O4/c1-28-22(27)14-17-4-8-20(9-5-17)29-16-21(26)25-12-10-24(11-13-25)15-18-2-6-19(23)7-3-18/h2-9H,10-16H2,1H3. The van der Waals surface area contributed by atoms with Gasteiger partial charge in [-0.25, -0.2) is 0 Å². The highest BCUT2D eigenvalue weighted by Gasteiger charge is 2.21. The predicted octanol–water partition coefficient (Wildman–Crippen LogP) is 2.78. The molecule has 0 bridgehead atoms. The van der Waals surface area contributed by atoms with Crippen LogP contribution in [0.15, 0.2) is 48.5 Å². The first-order chi connectivity index (χ1) is 14.0. The van der Waals surface area contributed by atoms with E-state index in [1.807, 2.05) is 29.2 Å². The molecule has 0 N–H and O–H groups in total. The molecule has 1 fully saturated rings. The van der Waals surface area contributed by atoms with Gasteiger partial charge < -0.3 is 14.4 Å². The van der Waals surface area contributed by atoms with Crippen LogP contribution in [0.3, 0.4) is 0 Å². The lowest BCUT2D eigenvalue weighted by molar-refractivity contribution is -0.139. The van der Waals surface area contributed by atoms with Crippen LogP contribution in [-0.4, -0.2) is 61.6 Å². The Labute approximate surface area is 176 Å². The van der Waals surface area contributed by atoms with Gasteiger partial charge in [0.2, 0.25) is 0 Å². The molecule has 1 amide bonds. The molecule has 2 aromatic carbocycles. The van der Waals surface area contributed by atoms with Gasteiger partial charge in [-0.3, -0.25) is 14.5 Å². The Kier molecular flexibility index (Phi) is 7.49. The van der Waals surface area contributed by atoms with Crippen molar-refractivity contribution in [3.8, 4) is 5.75 Å². The molecule has 1 aliphatic heterocycles. The fourth-order valence-electron chi connectivity index (χ4n) is 3.18. The van der Waals surface area contributed by atoms with Crippen LogP contribution in [0.5, 0.6) is 5.75 Å². The topological polar surface area (TPSA) is 59.1 Å². The van der Waals surface area contributed by atoms with E-state index in [1.54, 1.807) is 24.3 Å². The number of carbonyl (C=O) groups excluding carboxylic acids is 2. The Hall–Kier alpha value is -2.57. The summed E-state index contributed by atoms with van der Waals surface area (Å²) in [5.41, 5.74) is 2.06. The van der Waals surface area contributed by atoms with Crippen molar-refractivity contribution in [1.29, 1.82) is 0 Å². The van der Waals surface area contributed by atoms with Gasteiger partial charge in [0.1, 0.15) is 5.75 Å². The maximum absolute atomic E-state index is 12.4. The van der Waals surface area contributed by atoms with Crippen LogP contribution in [0.2, 0.25) is 5.02 Å². The third-order valence-corrected chi connectivity index (χ3v) is 5.16. The minimum Gasteiger partial charge on any atom is -0.484 e. The minimum atomic E-state index is -0.288. The number of amides is 1. The van der Waals surface area contributed by atoms with Crippen molar-refractivity contribution in [1.82, 2.24) is 9.80 Å². The molecular formula is C22H25ClN2O4. The van der Waals surface area contributed by atoms with Gasteiger partial charge in [0.25, 0.3) is 5.91 Å². The van der Waals surface area contributed by atoms with E-state index in [4.69, 9.17) is 16.3 Å². The zero-order valence-corrected chi connectivity index (χ0v) is 17.2. The van der Waals surface area contributed by atoms with Crippen molar-refractivity contribution in [2.24, 2.45) is 0 Å². The Morgan fingerprint density at radius 3 is 2.17 bits per heavy atom. The molecule has 2 aromatic rings. The number of benzene rings is 2. The number of hydrogen-bond donors (Lipinski definition) is 0. The first-order valence-electron chi connectivity index (χ1n) is 9.56.